The summed E-state index contributed by atoms with van der Waals surface area (Å²) in [6.45, 7) is 3.78. The van der Waals surface area contributed by atoms with Crippen LogP contribution >= 0.6 is 0 Å². The molecule has 1 N–H and O–H groups in total. The van der Waals surface area contributed by atoms with Crippen LogP contribution in [0.3, 0.4) is 0 Å². The lowest BCUT2D eigenvalue weighted by atomic mass is 9.95. The van der Waals surface area contributed by atoms with Gasteiger partial charge in [-0.2, -0.15) is 0 Å². The molecule has 4 rings (SSSR count). The van der Waals surface area contributed by atoms with E-state index in [2.05, 4.69) is 10.2 Å². The van der Waals surface area contributed by atoms with Gasteiger partial charge in [-0.1, -0.05) is 0 Å². The maximum Gasteiger partial charge on any atom is 0.289 e. The van der Waals surface area contributed by atoms with E-state index in [1.165, 1.54) is 19.1 Å². The van der Waals surface area contributed by atoms with Gasteiger partial charge >= 0.3 is 0 Å². The summed E-state index contributed by atoms with van der Waals surface area (Å²) < 4.78 is 10.8. The van der Waals surface area contributed by atoms with Crippen molar-refractivity contribution in [1.29, 1.82) is 0 Å². The minimum absolute atomic E-state index is 0.0588. The maximum absolute atomic E-state index is 12.7. The topological polar surface area (TPSA) is 78.9 Å². The SMILES string of the molecule is O=C(NC[C@@H](c1ccco1)N1CCCC1)C1CCN(C(=O)c2ccco2)CC1. The molecule has 2 saturated heterocycles. The van der Waals surface area contributed by atoms with Gasteiger partial charge in [0.05, 0.1) is 18.6 Å². The Kier molecular flexibility index (Phi) is 5.81. The molecule has 2 aliphatic rings. The maximum atomic E-state index is 12.7. The number of hydrogen-bond acceptors (Lipinski definition) is 5. The lowest BCUT2D eigenvalue weighted by Gasteiger charge is -2.31. The Labute approximate surface area is 164 Å². The highest BCUT2D eigenvalue weighted by molar-refractivity contribution is 5.91. The number of nitrogens with one attached hydrogen (secondary N) is 1. The highest BCUT2D eigenvalue weighted by Gasteiger charge is 2.30. The third kappa shape index (κ3) is 4.14. The first-order chi connectivity index (χ1) is 13.7. The molecule has 2 amide bonds. The molecular formula is C21H27N3O4. The zero-order chi connectivity index (χ0) is 19.3. The average Bonchev–Trinajstić information content (AvgIpc) is 3.51. The zero-order valence-electron chi connectivity index (χ0n) is 16.0. The van der Waals surface area contributed by atoms with Crippen LogP contribution < -0.4 is 5.32 Å². The molecule has 0 bridgehead atoms. The fourth-order valence-electron chi connectivity index (χ4n) is 4.19. The van der Waals surface area contributed by atoms with Crippen molar-refractivity contribution in [3.05, 3.63) is 48.3 Å². The fraction of sp³-hybridized carbons (Fsp3) is 0.524. The number of nitrogens with zero attached hydrogens (tertiary/aromatic N) is 2. The minimum Gasteiger partial charge on any atom is -0.468 e. The highest BCUT2D eigenvalue weighted by atomic mass is 16.3. The first kappa shape index (κ1) is 18.8. The van der Waals surface area contributed by atoms with E-state index in [1.807, 2.05) is 12.1 Å². The average molecular weight is 385 g/mol. The molecule has 1 atom stereocenters. The summed E-state index contributed by atoms with van der Waals surface area (Å²) in [5.41, 5.74) is 0. The molecule has 0 aromatic carbocycles. The summed E-state index contributed by atoms with van der Waals surface area (Å²) >= 11 is 0. The summed E-state index contributed by atoms with van der Waals surface area (Å²) in [7, 11) is 0. The van der Waals surface area contributed by atoms with Crippen LogP contribution in [0.5, 0.6) is 0 Å². The molecule has 7 nitrogen and oxygen atoms in total. The van der Waals surface area contributed by atoms with Crippen molar-refractivity contribution in [3.63, 3.8) is 0 Å². The number of carbonyl (C=O) groups excluding carboxylic acids is 2. The first-order valence-corrected chi connectivity index (χ1v) is 10.1. The highest BCUT2D eigenvalue weighted by Crippen LogP contribution is 2.25. The minimum atomic E-state index is -0.101. The van der Waals surface area contributed by atoms with Gasteiger partial charge in [-0.25, -0.2) is 0 Å². The van der Waals surface area contributed by atoms with Gasteiger partial charge in [0.2, 0.25) is 5.91 Å². The van der Waals surface area contributed by atoms with Gasteiger partial charge in [0.25, 0.3) is 5.91 Å². The van der Waals surface area contributed by atoms with E-state index in [0.29, 0.717) is 38.2 Å². The molecule has 0 aliphatic carbocycles. The second-order valence-electron chi connectivity index (χ2n) is 7.56. The van der Waals surface area contributed by atoms with Crippen LogP contribution in [0, 0.1) is 5.92 Å². The van der Waals surface area contributed by atoms with E-state index in [0.717, 1.165) is 18.8 Å². The van der Waals surface area contributed by atoms with Crippen LogP contribution in [0.15, 0.2) is 45.6 Å². The van der Waals surface area contributed by atoms with E-state index in [1.54, 1.807) is 23.3 Å². The number of carbonyl (C=O) groups is 2. The summed E-state index contributed by atoms with van der Waals surface area (Å²) in [6.07, 6.45) is 6.91. The quantitative estimate of drug-likeness (QED) is 0.827. The van der Waals surface area contributed by atoms with Crippen molar-refractivity contribution in [3.8, 4) is 0 Å². The molecule has 0 unspecified atom stereocenters. The molecule has 150 valence electrons. The largest absolute Gasteiger partial charge is 0.468 e. The summed E-state index contributed by atoms with van der Waals surface area (Å²) in [5.74, 6) is 1.17. The molecule has 2 aromatic heterocycles. The second kappa shape index (κ2) is 8.65. The van der Waals surface area contributed by atoms with Crippen LogP contribution in [-0.2, 0) is 4.79 Å². The van der Waals surface area contributed by atoms with Gasteiger partial charge < -0.3 is 19.1 Å². The van der Waals surface area contributed by atoms with Crippen molar-refractivity contribution in [1.82, 2.24) is 15.1 Å². The summed E-state index contributed by atoms with van der Waals surface area (Å²) in [5, 5.41) is 3.13. The lowest BCUT2D eigenvalue weighted by Crippen LogP contribution is -2.44. The van der Waals surface area contributed by atoms with Crippen LogP contribution in [0.2, 0.25) is 0 Å². The number of furan rings is 2. The van der Waals surface area contributed by atoms with Gasteiger partial charge in [0, 0.05) is 25.6 Å². The van der Waals surface area contributed by atoms with Crippen molar-refractivity contribution in [2.45, 2.75) is 31.7 Å². The van der Waals surface area contributed by atoms with E-state index in [9.17, 15) is 9.59 Å². The molecule has 4 heterocycles. The van der Waals surface area contributed by atoms with Crippen LogP contribution in [0.1, 0.15) is 48.0 Å². The van der Waals surface area contributed by atoms with E-state index in [-0.39, 0.29) is 23.8 Å². The van der Waals surface area contributed by atoms with Gasteiger partial charge in [-0.15, -0.1) is 0 Å². The van der Waals surface area contributed by atoms with Crippen molar-refractivity contribution in [2.24, 2.45) is 5.92 Å². The van der Waals surface area contributed by atoms with Crippen LogP contribution in [0.4, 0.5) is 0 Å². The predicted octanol–water partition coefficient (Wildman–Crippen LogP) is 2.68. The van der Waals surface area contributed by atoms with Crippen LogP contribution in [-0.4, -0.2) is 54.3 Å². The molecule has 2 fully saturated rings. The molecule has 2 aliphatic heterocycles. The van der Waals surface area contributed by atoms with Crippen LogP contribution in [0.25, 0.3) is 0 Å². The van der Waals surface area contributed by atoms with Crippen molar-refractivity contribution >= 4 is 11.8 Å². The fourth-order valence-corrected chi connectivity index (χ4v) is 4.19. The van der Waals surface area contributed by atoms with Gasteiger partial charge in [-0.3, -0.25) is 14.5 Å². The number of likely N-dealkylation sites (tertiary alicyclic amines) is 2. The van der Waals surface area contributed by atoms with Crippen molar-refractivity contribution < 1.29 is 18.4 Å². The normalized spacial score (nSPS) is 19.6. The number of rotatable bonds is 6. The zero-order valence-corrected chi connectivity index (χ0v) is 16.0. The van der Waals surface area contributed by atoms with Gasteiger partial charge in [0.1, 0.15) is 5.76 Å². The Bertz CT molecular complexity index is 758. The third-order valence-corrected chi connectivity index (χ3v) is 5.81. The Morgan fingerprint density at radius 3 is 2.39 bits per heavy atom. The van der Waals surface area contributed by atoms with E-state index in [4.69, 9.17) is 8.83 Å². The Balaban J connectivity index is 1.28. The second-order valence-corrected chi connectivity index (χ2v) is 7.56. The molecule has 0 saturated carbocycles. The Morgan fingerprint density at radius 2 is 1.75 bits per heavy atom. The first-order valence-electron chi connectivity index (χ1n) is 10.1. The molecule has 0 spiro atoms. The van der Waals surface area contributed by atoms with Gasteiger partial charge in [-0.05, 0) is 63.0 Å². The third-order valence-electron chi connectivity index (χ3n) is 5.81. The monoisotopic (exact) mass is 385 g/mol. The van der Waals surface area contributed by atoms with Gasteiger partial charge in [0.15, 0.2) is 5.76 Å². The molecule has 28 heavy (non-hydrogen) atoms. The summed E-state index contributed by atoms with van der Waals surface area (Å²) in [6, 6.07) is 7.35. The predicted molar refractivity (Wildman–Crippen MR) is 103 cm³/mol. The molecular weight excluding hydrogens is 358 g/mol. The molecule has 7 heteroatoms. The smallest absolute Gasteiger partial charge is 0.289 e. The van der Waals surface area contributed by atoms with E-state index >= 15 is 0 Å². The Morgan fingerprint density at radius 1 is 1.04 bits per heavy atom. The number of amides is 2. The van der Waals surface area contributed by atoms with E-state index < -0.39 is 0 Å². The molecule has 0 radical (unpaired) electrons. The Hall–Kier alpha value is -2.54. The summed E-state index contributed by atoms with van der Waals surface area (Å²) in [4.78, 5) is 29.2. The number of piperidine rings is 1. The van der Waals surface area contributed by atoms with Crippen molar-refractivity contribution in [2.75, 3.05) is 32.7 Å². The number of hydrogen-bond donors (Lipinski definition) is 1. The standard InChI is InChI=1S/C21H27N3O4/c25-20(16-7-11-24(12-8-16)21(26)19-6-4-14-28-19)22-15-17(18-5-3-13-27-18)23-9-1-2-10-23/h3-6,13-14,16-17H,1-2,7-12,15H2,(H,22,25)/t17-/m0/s1. The molecule has 2 aromatic rings. The lowest BCUT2D eigenvalue weighted by molar-refractivity contribution is -0.126.